The van der Waals surface area contributed by atoms with Crippen molar-refractivity contribution in [1.82, 2.24) is 14.3 Å². The lowest BCUT2D eigenvalue weighted by molar-refractivity contribution is -0.156. The Bertz CT molecular complexity index is 1050. The molecule has 136 valence electrons. The molecule has 2 aliphatic heterocycles. The molecule has 0 spiro atoms. The molecule has 0 saturated carbocycles. The largest absolute Gasteiger partial charge is 0.343 e. The number of fused-ring (bicyclic) bond motifs is 2. The molecule has 0 unspecified atom stereocenters. The molecule has 3 atom stereocenters. The van der Waals surface area contributed by atoms with Gasteiger partial charge in [-0.15, -0.1) is 0 Å². The highest BCUT2D eigenvalue weighted by Gasteiger charge is 2.45. The lowest BCUT2D eigenvalue weighted by Gasteiger charge is -2.26. The predicted octanol–water partition coefficient (Wildman–Crippen LogP) is 3.33. The highest BCUT2D eigenvalue weighted by atomic mass is 32.1. The maximum atomic E-state index is 12.2. The van der Waals surface area contributed by atoms with Gasteiger partial charge in [-0.1, -0.05) is 48.5 Å². The van der Waals surface area contributed by atoms with E-state index >= 15 is 0 Å². The summed E-state index contributed by atoms with van der Waals surface area (Å²) in [4.78, 5) is 12.2. The third-order valence-corrected chi connectivity index (χ3v) is 5.34. The van der Waals surface area contributed by atoms with E-state index in [1.165, 1.54) is 0 Å². The lowest BCUT2D eigenvalue weighted by Crippen LogP contribution is -2.37. The van der Waals surface area contributed by atoms with Crippen molar-refractivity contribution in [1.29, 1.82) is 0 Å². The number of para-hydroxylation sites is 1. The van der Waals surface area contributed by atoms with Gasteiger partial charge in [0.2, 0.25) is 11.1 Å². The Labute approximate surface area is 161 Å². The number of Topliss-reactive ketones (excluding diaryl/α,β-unsaturated/α-hetero) is 1. The molecule has 2 saturated heterocycles. The number of carbonyl (C=O) groups excluding carboxylic acids is 1. The van der Waals surface area contributed by atoms with Gasteiger partial charge in [-0.3, -0.25) is 9.36 Å². The zero-order valence-corrected chi connectivity index (χ0v) is 15.2. The van der Waals surface area contributed by atoms with Gasteiger partial charge in [-0.05, 0) is 24.4 Å². The van der Waals surface area contributed by atoms with E-state index in [0.29, 0.717) is 17.8 Å². The predicted molar refractivity (Wildman–Crippen MR) is 101 cm³/mol. The molecule has 0 aliphatic carbocycles. The highest BCUT2D eigenvalue weighted by molar-refractivity contribution is 7.71. The number of hydrogen-bond acceptors (Lipinski definition) is 5. The molecule has 27 heavy (non-hydrogen) atoms. The molecule has 6 nitrogen and oxygen atoms in total. The molecular formula is C20H17N3O3S. The number of ether oxygens (including phenoxy) is 2. The first-order valence-corrected chi connectivity index (χ1v) is 9.25. The van der Waals surface area contributed by atoms with Crippen molar-refractivity contribution in [3.05, 3.63) is 65.4 Å². The third kappa shape index (κ3) is 2.75. The summed E-state index contributed by atoms with van der Waals surface area (Å²) in [5.41, 5.74) is 1.88. The number of benzene rings is 2. The van der Waals surface area contributed by atoms with Crippen LogP contribution < -0.4 is 0 Å². The number of hydrogen-bond donors (Lipinski definition) is 0. The molecule has 2 fully saturated rings. The average Bonchev–Trinajstić information content (AvgIpc) is 3.29. The van der Waals surface area contributed by atoms with Crippen molar-refractivity contribution < 1.29 is 14.3 Å². The second-order valence-electron chi connectivity index (χ2n) is 6.67. The summed E-state index contributed by atoms with van der Waals surface area (Å²) in [6.45, 7) is 0.377. The first-order chi connectivity index (χ1) is 13.2. The molecule has 3 aromatic rings. The Balaban J connectivity index is 1.69. The van der Waals surface area contributed by atoms with Gasteiger partial charge in [-0.25, -0.2) is 4.68 Å². The van der Waals surface area contributed by atoms with Crippen LogP contribution in [0.5, 0.6) is 0 Å². The van der Waals surface area contributed by atoms with E-state index in [-0.39, 0.29) is 17.9 Å². The van der Waals surface area contributed by atoms with Crippen LogP contribution in [0.1, 0.15) is 12.5 Å². The molecule has 2 bridgehead atoms. The average molecular weight is 379 g/mol. The molecule has 2 aliphatic rings. The standard InChI is InChI=1S/C20H17N3O3S/c24-16-11-15(17-12-25-19(16)26-17)23-20(27)22(14-9-5-2-6-10-14)18(21-23)13-7-3-1-4-8-13/h1-10,15,17,19H,11-12H2/t15-,17+,19-/m0/s1. The number of aromatic nitrogens is 3. The second kappa shape index (κ2) is 6.53. The molecule has 2 aromatic carbocycles. The molecule has 1 aromatic heterocycles. The van der Waals surface area contributed by atoms with Crippen molar-refractivity contribution in [2.24, 2.45) is 0 Å². The van der Waals surface area contributed by atoms with Crippen molar-refractivity contribution in [2.45, 2.75) is 24.9 Å². The minimum Gasteiger partial charge on any atom is -0.343 e. The minimum absolute atomic E-state index is 0.0637. The van der Waals surface area contributed by atoms with E-state index in [9.17, 15) is 4.79 Å². The van der Waals surface area contributed by atoms with Crippen LogP contribution in [0.15, 0.2) is 60.7 Å². The van der Waals surface area contributed by atoms with Crippen molar-refractivity contribution >= 4 is 18.0 Å². The molecule has 5 rings (SSSR count). The maximum absolute atomic E-state index is 12.2. The number of rotatable bonds is 3. The van der Waals surface area contributed by atoms with Crippen LogP contribution in [0, 0.1) is 4.77 Å². The zero-order chi connectivity index (χ0) is 18.4. The van der Waals surface area contributed by atoms with Gasteiger partial charge in [0.15, 0.2) is 11.6 Å². The van der Waals surface area contributed by atoms with Crippen LogP contribution in [-0.2, 0) is 14.3 Å². The van der Waals surface area contributed by atoms with Gasteiger partial charge in [-0.2, -0.15) is 5.10 Å². The molecule has 0 radical (unpaired) electrons. The smallest absolute Gasteiger partial charge is 0.218 e. The van der Waals surface area contributed by atoms with Crippen LogP contribution in [0.3, 0.4) is 0 Å². The van der Waals surface area contributed by atoms with Gasteiger partial charge < -0.3 is 9.47 Å². The van der Waals surface area contributed by atoms with E-state index in [0.717, 1.165) is 17.1 Å². The van der Waals surface area contributed by atoms with Crippen molar-refractivity contribution in [3.63, 3.8) is 0 Å². The summed E-state index contributed by atoms with van der Waals surface area (Å²) in [5.74, 6) is 0.673. The second-order valence-corrected chi connectivity index (χ2v) is 7.03. The first-order valence-electron chi connectivity index (χ1n) is 8.84. The van der Waals surface area contributed by atoms with E-state index < -0.39 is 6.29 Å². The van der Waals surface area contributed by atoms with Crippen LogP contribution in [-0.4, -0.2) is 39.1 Å². The number of nitrogens with zero attached hydrogens (tertiary/aromatic N) is 3. The molecule has 3 heterocycles. The topological polar surface area (TPSA) is 58.3 Å². The summed E-state index contributed by atoms with van der Waals surface area (Å²) in [6.07, 6.45) is -0.642. The van der Waals surface area contributed by atoms with E-state index in [4.69, 9.17) is 26.8 Å². The number of ketones is 1. The Morgan fingerprint density at radius 3 is 2.48 bits per heavy atom. The fourth-order valence-electron chi connectivity index (χ4n) is 3.65. The molecular weight excluding hydrogens is 362 g/mol. The SMILES string of the molecule is O=C1C[C@H](n2nc(-c3ccccc3)n(-c3ccccc3)c2=S)[C@H]2CO[C@H]1O2. The minimum atomic E-state index is -0.731. The Hall–Kier alpha value is -2.61. The normalized spacial score (nSPS) is 24.3. The number of carbonyl (C=O) groups is 1. The summed E-state index contributed by atoms with van der Waals surface area (Å²) in [7, 11) is 0. The summed E-state index contributed by atoms with van der Waals surface area (Å²) < 4.78 is 15.4. The van der Waals surface area contributed by atoms with Gasteiger partial charge in [0.05, 0.1) is 12.6 Å². The maximum Gasteiger partial charge on any atom is 0.218 e. The third-order valence-electron chi connectivity index (χ3n) is 4.97. The Morgan fingerprint density at radius 2 is 1.74 bits per heavy atom. The molecule has 7 heteroatoms. The quantitative estimate of drug-likeness (QED) is 0.654. The van der Waals surface area contributed by atoms with Gasteiger partial charge in [0, 0.05) is 17.7 Å². The summed E-state index contributed by atoms with van der Waals surface area (Å²) >= 11 is 5.78. The van der Waals surface area contributed by atoms with Crippen LogP contribution in [0.25, 0.3) is 17.1 Å². The fourth-order valence-corrected chi connectivity index (χ4v) is 4.02. The van der Waals surface area contributed by atoms with E-state index in [1.54, 1.807) is 4.68 Å². The molecule has 0 amide bonds. The fraction of sp³-hybridized carbons (Fsp3) is 0.250. The Morgan fingerprint density at radius 1 is 1.04 bits per heavy atom. The van der Waals surface area contributed by atoms with Crippen LogP contribution in [0.2, 0.25) is 0 Å². The monoisotopic (exact) mass is 379 g/mol. The van der Waals surface area contributed by atoms with Gasteiger partial charge in [0.1, 0.15) is 6.10 Å². The zero-order valence-electron chi connectivity index (χ0n) is 14.4. The van der Waals surface area contributed by atoms with E-state index in [2.05, 4.69) is 0 Å². The van der Waals surface area contributed by atoms with Crippen molar-refractivity contribution in [3.8, 4) is 17.1 Å². The summed E-state index contributed by atoms with van der Waals surface area (Å²) in [6, 6.07) is 19.5. The lowest BCUT2D eigenvalue weighted by atomic mass is 10.0. The van der Waals surface area contributed by atoms with Gasteiger partial charge in [0.25, 0.3) is 0 Å². The van der Waals surface area contributed by atoms with Crippen LogP contribution in [0.4, 0.5) is 0 Å². The molecule has 0 N–H and O–H groups in total. The van der Waals surface area contributed by atoms with E-state index in [1.807, 2.05) is 65.2 Å². The van der Waals surface area contributed by atoms with Gasteiger partial charge >= 0.3 is 0 Å². The first kappa shape index (κ1) is 16.6. The highest BCUT2D eigenvalue weighted by Crippen LogP contribution is 2.34. The van der Waals surface area contributed by atoms with Crippen molar-refractivity contribution in [2.75, 3.05) is 6.61 Å². The Kier molecular flexibility index (Phi) is 4.00. The van der Waals surface area contributed by atoms with Crippen LogP contribution >= 0.6 is 12.2 Å². The summed E-state index contributed by atoms with van der Waals surface area (Å²) in [5, 5.41) is 4.82.